The number of pyridine rings is 1. The van der Waals surface area contributed by atoms with Crippen molar-refractivity contribution < 1.29 is 4.57 Å². The monoisotopic (exact) mass is 241 g/mol. The van der Waals surface area contributed by atoms with Crippen molar-refractivity contribution in [1.82, 2.24) is 0 Å². The molecule has 0 spiro atoms. The van der Waals surface area contributed by atoms with E-state index in [0.29, 0.717) is 0 Å². The summed E-state index contributed by atoms with van der Waals surface area (Å²) in [7, 11) is 3.90. The van der Waals surface area contributed by atoms with E-state index in [4.69, 9.17) is 5.73 Å². The number of nitrogen functional groups attached to an aromatic ring is 1. The van der Waals surface area contributed by atoms with E-state index in [2.05, 4.69) is 5.10 Å². The van der Waals surface area contributed by atoms with Gasteiger partial charge in [-0.1, -0.05) is 0 Å². The van der Waals surface area contributed by atoms with E-state index < -0.39 is 0 Å². The molecule has 1 aromatic heterocycles. The first-order valence-corrected chi connectivity index (χ1v) is 5.74. The molecule has 0 saturated heterocycles. The summed E-state index contributed by atoms with van der Waals surface area (Å²) in [5.41, 5.74) is 8.47. The summed E-state index contributed by atoms with van der Waals surface area (Å²) in [6.45, 7) is 0. The summed E-state index contributed by atoms with van der Waals surface area (Å²) in [5, 5.41) is 6.19. The lowest BCUT2D eigenvalue weighted by atomic mass is 10.3. The first-order chi connectivity index (χ1) is 8.65. The van der Waals surface area contributed by atoms with Crippen LogP contribution in [0.15, 0.2) is 53.9 Å². The van der Waals surface area contributed by atoms with Crippen LogP contribution in [0.5, 0.6) is 0 Å². The number of aromatic nitrogens is 1. The van der Waals surface area contributed by atoms with Crippen LogP contribution in [0, 0.1) is 0 Å². The van der Waals surface area contributed by atoms with Gasteiger partial charge in [0, 0.05) is 30.4 Å². The Kier molecular flexibility index (Phi) is 3.57. The molecule has 0 aliphatic heterocycles. The Morgan fingerprint density at radius 2 is 1.72 bits per heavy atom. The van der Waals surface area contributed by atoms with Crippen molar-refractivity contribution in [3.63, 3.8) is 0 Å². The zero-order chi connectivity index (χ0) is 13.0. The number of hydrogen-bond acceptors (Lipinski definition) is 3. The average Bonchev–Trinajstić information content (AvgIpc) is 2.38. The first kappa shape index (κ1) is 12.1. The molecular weight excluding hydrogens is 224 g/mol. The fourth-order valence-corrected chi connectivity index (χ4v) is 1.51. The van der Waals surface area contributed by atoms with Crippen LogP contribution < -0.4 is 15.3 Å². The van der Waals surface area contributed by atoms with E-state index in [-0.39, 0.29) is 0 Å². The lowest BCUT2D eigenvalue weighted by Crippen LogP contribution is -2.25. The second kappa shape index (κ2) is 5.31. The molecule has 18 heavy (non-hydrogen) atoms. The van der Waals surface area contributed by atoms with Crippen molar-refractivity contribution >= 4 is 17.6 Å². The third-order valence-corrected chi connectivity index (χ3v) is 2.65. The third kappa shape index (κ3) is 3.07. The lowest BCUT2D eigenvalue weighted by Gasteiger charge is -2.12. The molecule has 4 nitrogen and oxygen atoms in total. The van der Waals surface area contributed by atoms with E-state index in [0.717, 1.165) is 16.9 Å². The average molecular weight is 241 g/mol. The SMILES string of the molecule is CN(N=Cc1cc[n+](C)cc1)c1ccc(N)cc1. The zero-order valence-corrected chi connectivity index (χ0v) is 10.6. The fourth-order valence-electron chi connectivity index (χ4n) is 1.51. The Balaban J connectivity index is 2.08. The number of nitrogens with zero attached hydrogens (tertiary/aromatic N) is 3. The Morgan fingerprint density at radius 3 is 2.33 bits per heavy atom. The van der Waals surface area contributed by atoms with Gasteiger partial charge in [-0.15, -0.1) is 0 Å². The fraction of sp³-hybridized carbons (Fsp3) is 0.143. The van der Waals surface area contributed by atoms with Crippen LogP contribution in [0.2, 0.25) is 0 Å². The Morgan fingerprint density at radius 1 is 1.11 bits per heavy atom. The molecule has 1 heterocycles. The Labute approximate surface area is 107 Å². The van der Waals surface area contributed by atoms with Crippen LogP contribution >= 0.6 is 0 Å². The van der Waals surface area contributed by atoms with Gasteiger partial charge in [0.1, 0.15) is 7.05 Å². The molecule has 0 aliphatic rings. The lowest BCUT2D eigenvalue weighted by molar-refractivity contribution is -0.671. The number of rotatable bonds is 3. The van der Waals surface area contributed by atoms with Gasteiger partial charge < -0.3 is 5.73 Å². The summed E-state index contributed by atoms with van der Waals surface area (Å²) in [4.78, 5) is 0. The number of hydrogen-bond donors (Lipinski definition) is 1. The van der Waals surface area contributed by atoms with Gasteiger partial charge in [0.25, 0.3) is 0 Å². The predicted molar refractivity (Wildman–Crippen MR) is 74.5 cm³/mol. The highest BCUT2D eigenvalue weighted by atomic mass is 15.4. The number of aryl methyl sites for hydroxylation is 1. The highest BCUT2D eigenvalue weighted by Crippen LogP contribution is 2.14. The topological polar surface area (TPSA) is 45.5 Å². The molecule has 2 N–H and O–H groups in total. The molecule has 0 unspecified atom stereocenters. The highest BCUT2D eigenvalue weighted by Gasteiger charge is 1.97. The van der Waals surface area contributed by atoms with E-state index in [1.54, 1.807) is 0 Å². The number of benzene rings is 1. The molecule has 0 saturated carbocycles. The maximum Gasteiger partial charge on any atom is 0.169 e. The minimum atomic E-state index is 0.756. The van der Waals surface area contributed by atoms with Crippen molar-refractivity contribution in [1.29, 1.82) is 0 Å². The quantitative estimate of drug-likeness (QED) is 0.384. The largest absolute Gasteiger partial charge is 0.399 e. The summed E-state index contributed by atoms with van der Waals surface area (Å²) in [6.07, 6.45) is 5.81. The molecule has 92 valence electrons. The smallest absolute Gasteiger partial charge is 0.169 e. The van der Waals surface area contributed by atoms with E-state index in [9.17, 15) is 0 Å². The number of anilines is 2. The van der Waals surface area contributed by atoms with Crippen molar-refractivity contribution in [2.75, 3.05) is 17.8 Å². The van der Waals surface area contributed by atoms with Gasteiger partial charge in [-0.3, -0.25) is 5.01 Å². The maximum atomic E-state index is 5.65. The molecule has 4 heteroatoms. The van der Waals surface area contributed by atoms with Gasteiger partial charge in [0.2, 0.25) is 0 Å². The van der Waals surface area contributed by atoms with Crippen LogP contribution in [0.4, 0.5) is 11.4 Å². The number of nitrogens with two attached hydrogens (primary N) is 1. The summed E-state index contributed by atoms with van der Waals surface area (Å²) >= 11 is 0. The van der Waals surface area contributed by atoms with E-state index in [1.165, 1.54) is 0 Å². The van der Waals surface area contributed by atoms with E-state index >= 15 is 0 Å². The molecule has 0 fully saturated rings. The third-order valence-electron chi connectivity index (χ3n) is 2.65. The van der Waals surface area contributed by atoms with Gasteiger partial charge in [-0.05, 0) is 24.3 Å². The van der Waals surface area contributed by atoms with Crippen molar-refractivity contribution in [2.24, 2.45) is 12.1 Å². The predicted octanol–water partition coefficient (Wildman–Crippen LogP) is 1.56. The summed E-state index contributed by atoms with van der Waals surface area (Å²) in [5.74, 6) is 0. The van der Waals surface area contributed by atoms with Crippen molar-refractivity contribution in [3.8, 4) is 0 Å². The Hall–Kier alpha value is -2.36. The molecule has 0 aliphatic carbocycles. The van der Waals surface area contributed by atoms with Crippen LogP contribution in [0.1, 0.15) is 5.56 Å². The molecule has 2 aromatic rings. The van der Waals surface area contributed by atoms with Gasteiger partial charge in [0.15, 0.2) is 12.4 Å². The maximum absolute atomic E-state index is 5.65. The molecule has 0 amide bonds. The molecule has 0 bridgehead atoms. The first-order valence-electron chi connectivity index (χ1n) is 5.74. The molecular formula is C14H17N4+. The number of hydrazone groups is 1. The van der Waals surface area contributed by atoms with E-state index in [1.807, 2.05) is 78.7 Å². The molecule has 0 radical (unpaired) electrons. The van der Waals surface area contributed by atoms with Gasteiger partial charge in [-0.2, -0.15) is 5.10 Å². The molecule has 2 rings (SSSR count). The second-order valence-corrected chi connectivity index (χ2v) is 4.16. The zero-order valence-electron chi connectivity index (χ0n) is 10.6. The summed E-state index contributed by atoms with van der Waals surface area (Å²) in [6, 6.07) is 11.6. The van der Waals surface area contributed by atoms with Crippen LogP contribution in [-0.4, -0.2) is 13.3 Å². The minimum Gasteiger partial charge on any atom is -0.399 e. The standard InChI is InChI=1S/C14H17N4/c1-17-9-7-12(8-10-17)11-16-18(2)14-5-3-13(15)4-6-14/h3-11H,15H2,1-2H3/q+1. The van der Waals surface area contributed by atoms with Gasteiger partial charge >= 0.3 is 0 Å². The van der Waals surface area contributed by atoms with Gasteiger partial charge in [0.05, 0.1) is 11.9 Å². The van der Waals surface area contributed by atoms with Crippen LogP contribution in [0.25, 0.3) is 0 Å². The highest BCUT2D eigenvalue weighted by molar-refractivity contribution is 5.79. The summed E-state index contributed by atoms with van der Waals surface area (Å²) < 4.78 is 1.99. The van der Waals surface area contributed by atoms with Crippen molar-refractivity contribution in [3.05, 3.63) is 54.4 Å². The minimum absolute atomic E-state index is 0.756. The molecule has 0 atom stereocenters. The molecule has 1 aromatic carbocycles. The second-order valence-electron chi connectivity index (χ2n) is 4.16. The van der Waals surface area contributed by atoms with Gasteiger partial charge in [-0.25, -0.2) is 4.57 Å². The van der Waals surface area contributed by atoms with Crippen LogP contribution in [-0.2, 0) is 7.05 Å². The van der Waals surface area contributed by atoms with Crippen molar-refractivity contribution in [2.45, 2.75) is 0 Å². The van der Waals surface area contributed by atoms with Crippen LogP contribution in [0.3, 0.4) is 0 Å². The normalized spacial score (nSPS) is 10.8. The Bertz CT molecular complexity index is 529.